The fraction of sp³-hybridized carbons (Fsp3) is 0.647. The molecule has 1 aromatic carbocycles. The summed E-state index contributed by atoms with van der Waals surface area (Å²) in [7, 11) is 0. The summed E-state index contributed by atoms with van der Waals surface area (Å²) in [6.45, 7) is 12.2. The van der Waals surface area contributed by atoms with Gasteiger partial charge in [0.05, 0.1) is 0 Å². The Balaban J connectivity index is 2.72. The summed E-state index contributed by atoms with van der Waals surface area (Å²) >= 11 is 0. The third kappa shape index (κ3) is 5.23. The Morgan fingerprint density at radius 3 is 2.16 bits per heavy atom. The number of rotatable bonds is 7. The molecule has 0 aliphatic carbocycles. The van der Waals surface area contributed by atoms with Gasteiger partial charge in [0.1, 0.15) is 5.75 Å². The second kappa shape index (κ2) is 7.54. The van der Waals surface area contributed by atoms with E-state index < -0.39 is 0 Å². The minimum absolute atomic E-state index is 0.295. The first-order valence-electron chi connectivity index (χ1n) is 7.29. The maximum absolute atomic E-state index is 5.50. The maximum atomic E-state index is 5.50. The van der Waals surface area contributed by atoms with Crippen LogP contribution in [0.15, 0.2) is 24.3 Å². The highest BCUT2D eigenvalue weighted by atomic mass is 16.7. The Morgan fingerprint density at radius 1 is 1.05 bits per heavy atom. The molecule has 0 amide bonds. The lowest BCUT2D eigenvalue weighted by Gasteiger charge is -2.31. The van der Waals surface area contributed by atoms with Gasteiger partial charge in [0.25, 0.3) is 0 Å². The lowest BCUT2D eigenvalue weighted by molar-refractivity contribution is 0.0224. The fourth-order valence-corrected chi connectivity index (χ4v) is 2.38. The Hall–Kier alpha value is -1.02. The molecule has 0 aliphatic heterocycles. The van der Waals surface area contributed by atoms with E-state index in [0.29, 0.717) is 24.7 Å². The average molecular weight is 264 g/mol. The SMILES string of the molecule is CCCC(c1ccc(OCOCC)cc1)C(C)(C)C. The van der Waals surface area contributed by atoms with Crippen LogP contribution in [-0.4, -0.2) is 13.4 Å². The van der Waals surface area contributed by atoms with E-state index in [-0.39, 0.29) is 0 Å². The lowest BCUT2D eigenvalue weighted by Crippen LogP contribution is -2.18. The summed E-state index contributed by atoms with van der Waals surface area (Å²) in [4.78, 5) is 0. The van der Waals surface area contributed by atoms with E-state index in [9.17, 15) is 0 Å². The van der Waals surface area contributed by atoms with Crippen LogP contribution < -0.4 is 4.74 Å². The first-order chi connectivity index (χ1) is 8.99. The van der Waals surface area contributed by atoms with Gasteiger partial charge in [-0.3, -0.25) is 0 Å². The average Bonchev–Trinajstić information content (AvgIpc) is 2.36. The molecule has 0 heterocycles. The normalized spacial score (nSPS) is 13.3. The van der Waals surface area contributed by atoms with Gasteiger partial charge in [-0.1, -0.05) is 46.2 Å². The predicted molar refractivity (Wildman–Crippen MR) is 80.7 cm³/mol. The van der Waals surface area contributed by atoms with Crippen molar-refractivity contribution >= 4 is 0 Å². The van der Waals surface area contributed by atoms with Crippen molar-refractivity contribution in [3.8, 4) is 5.75 Å². The largest absolute Gasteiger partial charge is 0.468 e. The molecule has 0 radical (unpaired) electrons. The van der Waals surface area contributed by atoms with Crippen molar-refractivity contribution in [2.75, 3.05) is 13.4 Å². The van der Waals surface area contributed by atoms with Crippen molar-refractivity contribution in [2.45, 2.75) is 53.4 Å². The molecule has 0 fully saturated rings. The Kier molecular flexibility index (Phi) is 6.36. The summed E-state index contributed by atoms with van der Waals surface area (Å²) in [5.74, 6) is 1.47. The summed E-state index contributed by atoms with van der Waals surface area (Å²) in [6.07, 6.45) is 2.44. The molecule has 2 heteroatoms. The van der Waals surface area contributed by atoms with Crippen LogP contribution in [0, 0.1) is 5.41 Å². The van der Waals surface area contributed by atoms with Crippen LogP contribution in [0.25, 0.3) is 0 Å². The zero-order chi connectivity index (χ0) is 14.3. The molecule has 1 aromatic rings. The van der Waals surface area contributed by atoms with E-state index in [1.165, 1.54) is 18.4 Å². The third-order valence-corrected chi connectivity index (χ3v) is 3.42. The van der Waals surface area contributed by atoms with Crippen molar-refractivity contribution in [2.24, 2.45) is 5.41 Å². The molecular formula is C17H28O2. The van der Waals surface area contributed by atoms with E-state index in [4.69, 9.17) is 9.47 Å². The van der Waals surface area contributed by atoms with Gasteiger partial charge in [-0.15, -0.1) is 0 Å². The smallest absolute Gasteiger partial charge is 0.189 e. The number of ether oxygens (including phenoxy) is 2. The summed E-state index contributed by atoms with van der Waals surface area (Å²) in [6, 6.07) is 8.46. The molecule has 0 aliphatic rings. The molecule has 0 saturated heterocycles. The topological polar surface area (TPSA) is 18.5 Å². The number of hydrogen-bond acceptors (Lipinski definition) is 2. The molecule has 2 nitrogen and oxygen atoms in total. The van der Waals surface area contributed by atoms with E-state index in [1.807, 2.05) is 19.1 Å². The molecule has 0 N–H and O–H groups in total. The fourth-order valence-electron chi connectivity index (χ4n) is 2.38. The van der Waals surface area contributed by atoms with Crippen LogP contribution in [0.5, 0.6) is 5.75 Å². The zero-order valence-corrected chi connectivity index (χ0v) is 13.0. The molecule has 0 spiro atoms. The molecule has 0 aromatic heterocycles. The van der Waals surface area contributed by atoms with E-state index in [1.54, 1.807) is 0 Å². The first-order valence-corrected chi connectivity index (χ1v) is 7.29. The van der Waals surface area contributed by atoms with E-state index in [0.717, 1.165) is 5.75 Å². The molecule has 1 rings (SSSR count). The van der Waals surface area contributed by atoms with Crippen LogP contribution >= 0.6 is 0 Å². The number of benzene rings is 1. The van der Waals surface area contributed by atoms with E-state index >= 15 is 0 Å². The van der Waals surface area contributed by atoms with Crippen LogP contribution in [-0.2, 0) is 4.74 Å². The Morgan fingerprint density at radius 2 is 1.68 bits per heavy atom. The van der Waals surface area contributed by atoms with Gasteiger partial charge in [0, 0.05) is 6.61 Å². The van der Waals surface area contributed by atoms with Crippen molar-refractivity contribution in [3.05, 3.63) is 29.8 Å². The van der Waals surface area contributed by atoms with Gasteiger partial charge in [-0.2, -0.15) is 0 Å². The minimum Gasteiger partial charge on any atom is -0.468 e. The second-order valence-electron chi connectivity index (χ2n) is 6.03. The first kappa shape index (κ1) is 16.0. The van der Waals surface area contributed by atoms with Gasteiger partial charge in [0.15, 0.2) is 6.79 Å². The van der Waals surface area contributed by atoms with E-state index in [2.05, 4.69) is 39.8 Å². The lowest BCUT2D eigenvalue weighted by atomic mass is 9.74. The maximum Gasteiger partial charge on any atom is 0.189 e. The number of hydrogen-bond donors (Lipinski definition) is 0. The zero-order valence-electron chi connectivity index (χ0n) is 13.0. The molecule has 0 bridgehead atoms. The van der Waals surface area contributed by atoms with Crippen molar-refractivity contribution in [3.63, 3.8) is 0 Å². The molecule has 108 valence electrons. The molecule has 1 atom stereocenters. The monoisotopic (exact) mass is 264 g/mol. The van der Waals surface area contributed by atoms with Crippen LogP contribution in [0.4, 0.5) is 0 Å². The Labute approximate surface area is 118 Å². The standard InChI is InChI=1S/C17H28O2/c1-6-8-16(17(3,4)5)14-9-11-15(12-10-14)19-13-18-7-2/h9-12,16H,6-8,13H2,1-5H3. The third-order valence-electron chi connectivity index (χ3n) is 3.42. The quantitative estimate of drug-likeness (QED) is 0.510. The van der Waals surface area contributed by atoms with Crippen molar-refractivity contribution in [1.29, 1.82) is 0 Å². The van der Waals surface area contributed by atoms with Crippen LogP contribution in [0.1, 0.15) is 58.9 Å². The highest BCUT2D eigenvalue weighted by Crippen LogP contribution is 2.38. The summed E-state index contributed by atoms with van der Waals surface area (Å²) < 4.78 is 10.7. The predicted octanol–water partition coefficient (Wildman–Crippen LogP) is 4.99. The highest BCUT2D eigenvalue weighted by molar-refractivity contribution is 5.30. The molecular weight excluding hydrogens is 236 g/mol. The van der Waals surface area contributed by atoms with Crippen molar-refractivity contribution in [1.82, 2.24) is 0 Å². The summed E-state index contributed by atoms with van der Waals surface area (Å²) in [5, 5.41) is 0. The Bertz CT molecular complexity index is 349. The highest BCUT2D eigenvalue weighted by Gasteiger charge is 2.25. The van der Waals surface area contributed by atoms with Gasteiger partial charge in [-0.25, -0.2) is 0 Å². The van der Waals surface area contributed by atoms with Crippen molar-refractivity contribution < 1.29 is 9.47 Å². The van der Waals surface area contributed by atoms with Gasteiger partial charge in [-0.05, 0) is 42.4 Å². The van der Waals surface area contributed by atoms with Gasteiger partial charge < -0.3 is 9.47 Å². The minimum atomic E-state index is 0.295. The molecule has 0 saturated carbocycles. The molecule has 19 heavy (non-hydrogen) atoms. The molecule has 1 unspecified atom stereocenters. The van der Waals surface area contributed by atoms with Crippen LogP contribution in [0.3, 0.4) is 0 Å². The van der Waals surface area contributed by atoms with Gasteiger partial charge in [0.2, 0.25) is 0 Å². The van der Waals surface area contributed by atoms with Gasteiger partial charge >= 0.3 is 0 Å². The summed E-state index contributed by atoms with van der Waals surface area (Å²) in [5.41, 5.74) is 1.70. The second-order valence-corrected chi connectivity index (χ2v) is 6.03. The van der Waals surface area contributed by atoms with Crippen LogP contribution in [0.2, 0.25) is 0 Å².